The van der Waals surface area contributed by atoms with Crippen molar-refractivity contribution in [1.29, 1.82) is 0 Å². The van der Waals surface area contributed by atoms with Crippen LogP contribution in [0.25, 0.3) is 0 Å². The first kappa shape index (κ1) is 44.1. The molecule has 22 valence electrons. The predicted octanol–water partition coefficient (Wildman–Crippen LogP) is -6.38. The molecule has 0 unspecified atom stereocenters. The van der Waals surface area contributed by atoms with Crippen molar-refractivity contribution >= 4 is 11.0 Å². The first-order chi connectivity index (χ1) is 0. The molecule has 0 aromatic rings. The number of rotatable bonds is 0. The fraction of sp³-hybridized carbons (Fsp3) is 0. The molecule has 4 heteroatoms. The molecular formula is Cl2SiZr. The Labute approximate surface area is 61.7 Å². The van der Waals surface area contributed by atoms with E-state index in [2.05, 4.69) is 0 Å². The van der Waals surface area contributed by atoms with E-state index in [9.17, 15) is 0 Å². The summed E-state index contributed by atoms with van der Waals surface area (Å²) < 4.78 is 0. The Balaban J connectivity index is 0. The topological polar surface area (TPSA) is 0 Å². The minimum absolute atomic E-state index is 0. The summed E-state index contributed by atoms with van der Waals surface area (Å²) in [5.74, 6) is 0. The molecule has 0 amide bonds. The van der Waals surface area contributed by atoms with E-state index in [1.807, 2.05) is 0 Å². The zero-order chi connectivity index (χ0) is 0. The molecule has 4 radical (unpaired) electrons. The second-order valence-electron chi connectivity index (χ2n) is 0. The molecule has 0 aromatic carbocycles. The summed E-state index contributed by atoms with van der Waals surface area (Å²) in [6, 6.07) is 0. The average molecular weight is 190 g/mol. The Morgan fingerprint density at radius 2 is 0.750 bits per heavy atom. The van der Waals surface area contributed by atoms with Crippen LogP contribution in [0.4, 0.5) is 0 Å². The minimum atomic E-state index is 0. The molecule has 0 rings (SSSR count). The van der Waals surface area contributed by atoms with E-state index in [1.165, 1.54) is 0 Å². The summed E-state index contributed by atoms with van der Waals surface area (Å²) >= 11 is 0. The number of hydrogen-bond donors (Lipinski definition) is 0. The number of halogens is 2. The Morgan fingerprint density at radius 1 is 0.750 bits per heavy atom. The van der Waals surface area contributed by atoms with Crippen LogP contribution >= 0.6 is 0 Å². The van der Waals surface area contributed by atoms with Crippen LogP contribution in [0.2, 0.25) is 0 Å². The third-order valence-electron chi connectivity index (χ3n) is 0. The summed E-state index contributed by atoms with van der Waals surface area (Å²) in [6.45, 7) is 0. The van der Waals surface area contributed by atoms with E-state index >= 15 is 0 Å². The molecule has 0 fully saturated rings. The van der Waals surface area contributed by atoms with Gasteiger partial charge < -0.3 is 24.8 Å². The number of hydrogen-bond acceptors (Lipinski definition) is 0. The van der Waals surface area contributed by atoms with Crippen LogP contribution < -0.4 is 24.8 Å². The van der Waals surface area contributed by atoms with Crippen LogP contribution in [0.15, 0.2) is 0 Å². The quantitative estimate of drug-likeness (QED) is 0.333. The van der Waals surface area contributed by atoms with Crippen molar-refractivity contribution in [3.05, 3.63) is 0 Å². The summed E-state index contributed by atoms with van der Waals surface area (Å²) in [6.07, 6.45) is 0. The summed E-state index contributed by atoms with van der Waals surface area (Å²) in [7, 11) is 0. The first-order valence-corrected chi connectivity index (χ1v) is 0. The van der Waals surface area contributed by atoms with E-state index in [-0.39, 0.29) is 62.0 Å². The average Bonchev–Trinajstić information content (AvgIpc) is 0. The Hall–Kier alpha value is 1.68. The molecule has 4 heavy (non-hydrogen) atoms. The Bertz CT molecular complexity index is 6.00. The molecule has 0 N–H and O–H groups in total. The Morgan fingerprint density at radius 3 is 0.750 bits per heavy atom. The molecule has 0 nitrogen and oxygen atoms in total. The zero-order valence-corrected chi connectivity index (χ0v) is 6.73. The van der Waals surface area contributed by atoms with E-state index in [0.29, 0.717) is 0 Å². The van der Waals surface area contributed by atoms with Gasteiger partial charge in [-0.2, -0.15) is 0 Å². The van der Waals surface area contributed by atoms with Gasteiger partial charge >= 0.3 is 26.2 Å². The standard InChI is InChI=1S/2ClH.Si.Zr/h2*1H;;/q;;;+2/p-2. The molecule has 0 aliphatic carbocycles. The fourth-order valence-electron chi connectivity index (χ4n) is 0. The van der Waals surface area contributed by atoms with Crippen LogP contribution in [-0.2, 0) is 26.2 Å². The molecule has 0 aliphatic heterocycles. The Kier molecular flexibility index (Phi) is 247. The smallest absolute Gasteiger partial charge is 1.00 e. The second-order valence-corrected chi connectivity index (χ2v) is 0. The molecule has 0 spiro atoms. The van der Waals surface area contributed by atoms with Gasteiger partial charge in [-0.3, -0.25) is 0 Å². The monoisotopic (exact) mass is 188 g/mol. The zero-order valence-electron chi connectivity index (χ0n) is 1.76. The van der Waals surface area contributed by atoms with Crippen LogP contribution in [0.3, 0.4) is 0 Å². The van der Waals surface area contributed by atoms with Gasteiger partial charge in [-0.25, -0.2) is 0 Å². The predicted molar refractivity (Wildman–Crippen MR) is 5.75 cm³/mol. The van der Waals surface area contributed by atoms with Crippen LogP contribution in [0.5, 0.6) is 0 Å². The maximum Gasteiger partial charge on any atom is 2.00 e. The van der Waals surface area contributed by atoms with Crippen molar-refractivity contribution in [2.75, 3.05) is 0 Å². The van der Waals surface area contributed by atoms with Gasteiger partial charge in [0.05, 0.1) is 0 Å². The molecule has 0 aromatic heterocycles. The van der Waals surface area contributed by atoms with Gasteiger partial charge in [-0.15, -0.1) is 0 Å². The molecule has 0 atom stereocenters. The van der Waals surface area contributed by atoms with Gasteiger partial charge in [-0.05, 0) is 0 Å². The van der Waals surface area contributed by atoms with Crippen LogP contribution in [0.1, 0.15) is 0 Å². The molecule has 0 saturated carbocycles. The fourth-order valence-corrected chi connectivity index (χ4v) is 0. The van der Waals surface area contributed by atoms with Crippen molar-refractivity contribution in [3.63, 3.8) is 0 Å². The van der Waals surface area contributed by atoms with Crippen molar-refractivity contribution in [3.8, 4) is 0 Å². The molecule has 0 bridgehead atoms. The largest absolute Gasteiger partial charge is 2.00 e. The third-order valence-corrected chi connectivity index (χ3v) is 0. The van der Waals surface area contributed by atoms with E-state index in [1.54, 1.807) is 0 Å². The van der Waals surface area contributed by atoms with Crippen LogP contribution in [0, 0.1) is 0 Å². The van der Waals surface area contributed by atoms with Crippen molar-refractivity contribution in [1.82, 2.24) is 0 Å². The molecule has 0 aliphatic rings. The van der Waals surface area contributed by atoms with Gasteiger partial charge in [0.15, 0.2) is 0 Å². The van der Waals surface area contributed by atoms with Gasteiger partial charge in [-0.1, -0.05) is 0 Å². The van der Waals surface area contributed by atoms with Gasteiger partial charge in [0, 0.05) is 11.0 Å². The van der Waals surface area contributed by atoms with Gasteiger partial charge in [0.1, 0.15) is 0 Å². The summed E-state index contributed by atoms with van der Waals surface area (Å²) in [5, 5.41) is 0. The molecule has 0 heterocycles. The van der Waals surface area contributed by atoms with Crippen molar-refractivity contribution < 1.29 is 51.0 Å². The first-order valence-electron chi connectivity index (χ1n) is 0. The van der Waals surface area contributed by atoms with E-state index < -0.39 is 0 Å². The third kappa shape index (κ3) is 9.36. The maximum absolute atomic E-state index is 0. The SMILES string of the molecule is [Cl-].[Cl-].[Si].[Zr+2]. The van der Waals surface area contributed by atoms with Crippen molar-refractivity contribution in [2.24, 2.45) is 0 Å². The van der Waals surface area contributed by atoms with Crippen LogP contribution in [-0.4, -0.2) is 11.0 Å². The van der Waals surface area contributed by atoms with Gasteiger partial charge in [0.25, 0.3) is 0 Å². The second kappa shape index (κ2) is 22.5. The van der Waals surface area contributed by atoms with Crippen molar-refractivity contribution in [2.45, 2.75) is 0 Å². The normalized spacial score (nSPS) is 0. The summed E-state index contributed by atoms with van der Waals surface area (Å²) in [5.41, 5.74) is 0. The minimum Gasteiger partial charge on any atom is -1.00 e. The van der Waals surface area contributed by atoms with Gasteiger partial charge in [0.2, 0.25) is 0 Å². The molecule has 0 saturated heterocycles. The molecular weight excluding hydrogens is 190 g/mol. The summed E-state index contributed by atoms with van der Waals surface area (Å²) in [4.78, 5) is 0. The van der Waals surface area contributed by atoms with E-state index in [0.717, 1.165) is 0 Å². The maximum atomic E-state index is 0. The van der Waals surface area contributed by atoms with E-state index in [4.69, 9.17) is 0 Å².